The van der Waals surface area contributed by atoms with Crippen molar-refractivity contribution in [3.05, 3.63) is 29.0 Å². The lowest BCUT2D eigenvalue weighted by molar-refractivity contribution is -0.0987. The van der Waals surface area contributed by atoms with Crippen LogP contribution in [0.1, 0.15) is 12.0 Å². The smallest absolute Gasteiger partial charge is 0.272 e. The molecule has 0 saturated carbocycles. The van der Waals surface area contributed by atoms with Crippen LogP contribution in [0.3, 0.4) is 0 Å². The lowest BCUT2D eigenvalue weighted by Crippen LogP contribution is -2.33. The second-order valence-electron chi connectivity index (χ2n) is 2.93. The minimum absolute atomic E-state index is 0.122. The molecule has 80 valence electrons. The highest BCUT2D eigenvalue weighted by Gasteiger charge is 2.39. The van der Waals surface area contributed by atoms with E-state index in [-0.39, 0.29) is 10.7 Å². The number of aliphatic hydroxyl groups is 1. The van der Waals surface area contributed by atoms with Crippen LogP contribution in [0.5, 0.6) is 0 Å². The van der Waals surface area contributed by atoms with Gasteiger partial charge in [-0.25, -0.2) is 13.8 Å². The third-order valence-corrected chi connectivity index (χ3v) is 2.16. The molecular formula is C9H7ClF2N2O. The topological polar surface area (TPSA) is 56.9 Å². The fourth-order valence-electron chi connectivity index (χ4n) is 1.06. The average molecular weight is 233 g/mol. The van der Waals surface area contributed by atoms with Gasteiger partial charge < -0.3 is 5.11 Å². The summed E-state index contributed by atoms with van der Waals surface area (Å²) < 4.78 is 25.2. The Hall–Kier alpha value is -1.25. The molecule has 0 radical (unpaired) electrons. The quantitative estimate of drug-likeness (QED) is 0.812. The number of rotatable bonds is 3. The minimum atomic E-state index is -3.06. The maximum absolute atomic E-state index is 12.6. The summed E-state index contributed by atoms with van der Waals surface area (Å²) in [4.78, 5) is 3.57. The molecule has 0 saturated heterocycles. The summed E-state index contributed by atoms with van der Waals surface area (Å²) in [6.07, 6.45) is -2.72. The minimum Gasteiger partial charge on any atom is -0.378 e. The molecule has 0 aliphatic heterocycles. The first-order valence-electron chi connectivity index (χ1n) is 4.00. The molecule has 0 fully saturated rings. The second kappa shape index (κ2) is 4.51. The number of nitrogens with zero attached hydrogens (tertiary/aromatic N) is 2. The molecule has 0 aliphatic carbocycles. The summed E-state index contributed by atoms with van der Waals surface area (Å²) in [5.74, 6) is 0. The van der Waals surface area contributed by atoms with Gasteiger partial charge in [-0.3, -0.25) is 0 Å². The summed E-state index contributed by atoms with van der Waals surface area (Å²) in [5, 5.41) is 18.1. The van der Waals surface area contributed by atoms with E-state index in [0.717, 1.165) is 6.20 Å². The SMILES string of the molecule is N#CCC(O)(c1ccc(Cl)nc1)C(F)F. The molecule has 1 atom stereocenters. The van der Waals surface area contributed by atoms with Crippen LogP contribution in [0.4, 0.5) is 8.78 Å². The molecule has 0 amide bonds. The van der Waals surface area contributed by atoms with Crippen molar-refractivity contribution in [3.8, 4) is 6.07 Å². The van der Waals surface area contributed by atoms with Crippen LogP contribution < -0.4 is 0 Å². The van der Waals surface area contributed by atoms with E-state index < -0.39 is 18.4 Å². The molecule has 0 spiro atoms. The van der Waals surface area contributed by atoms with Gasteiger partial charge in [0.2, 0.25) is 0 Å². The first-order chi connectivity index (χ1) is 7.00. The number of hydrogen-bond acceptors (Lipinski definition) is 3. The predicted molar refractivity (Wildman–Crippen MR) is 49.4 cm³/mol. The molecule has 1 unspecified atom stereocenters. The molecule has 1 aromatic rings. The van der Waals surface area contributed by atoms with Gasteiger partial charge in [0.15, 0.2) is 5.60 Å². The van der Waals surface area contributed by atoms with Crippen molar-refractivity contribution in [2.24, 2.45) is 0 Å². The lowest BCUT2D eigenvalue weighted by atomic mass is 9.93. The van der Waals surface area contributed by atoms with Gasteiger partial charge in [0, 0.05) is 11.8 Å². The summed E-state index contributed by atoms with van der Waals surface area (Å²) in [7, 11) is 0. The Morgan fingerprint density at radius 3 is 2.67 bits per heavy atom. The second-order valence-corrected chi connectivity index (χ2v) is 3.32. The Labute approximate surface area is 89.9 Å². The van der Waals surface area contributed by atoms with Crippen LogP contribution in [-0.2, 0) is 5.60 Å². The van der Waals surface area contributed by atoms with Crippen molar-refractivity contribution in [3.63, 3.8) is 0 Å². The molecule has 1 rings (SSSR count). The van der Waals surface area contributed by atoms with Crippen molar-refractivity contribution in [2.75, 3.05) is 0 Å². The molecular weight excluding hydrogens is 226 g/mol. The summed E-state index contributed by atoms with van der Waals surface area (Å²) in [6, 6.07) is 4.01. The standard InChI is InChI=1S/C9H7ClF2N2O/c10-7-2-1-6(5-14-7)9(15,3-4-13)8(11)12/h1-2,5,8,15H,3H2. The van der Waals surface area contributed by atoms with Crippen LogP contribution in [0.2, 0.25) is 5.15 Å². The van der Waals surface area contributed by atoms with Crippen molar-refractivity contribution in [2.45, 2.75) is 18.4 Å². The highest BCUT2D eigenvalue weighted by molar-refractivity contribution is 6.29. The molecule has 1 N–H and O–H groups in total. The van der Waals surface area contributed by atoms with Gasteiger partial charge in [-0.1, -0.05) is 17.7 Å². The van der Waals surface area contributed by atoms with Crippen LogP contribution in [0, 0.1) is 11.3 Å². The number of hydrogen-bond donors (Lipinski definition) is 1. The number of aromatic nitrogens is 1. The number of alkyl halides is 2. The van der Waals surface area contributed by atoms with E-state index in [9.17, 15) is 13.9 Å². The number of nitriles is 1. The van der Waals surface area contributed by atoms with Crippen molar-refractivity contribution in [1.82, 2.24) is 4.98 Å². The molecule has 1 heterocycles. The number of halogens is 3. The summed E-state index contributed by atoms with van der Waals surface area (Å²) >= 11 is 5.47. The lowest BCUT2D eigenvalue weighted by Gasteiger charge is -2.24. The van der Waals surface area contributed by atoms with E-state index in [1.54, 1.807) is 0 Å². The van der Waals surface area contributed by atoms with Gasteiger partial charge in [-0.2, -0.15) is 5.26 Å². The molecule has 3 nitrogen and oxygen atoms in total. The summed E-state index contributed by atoms with van der Waals surface area (Å²) in [6.45, 7) is 0. The predicted octanol–water partition coefficient (Wildman–Crippen LogP) is 2.10. The third-order valence-electron chi connectivity index (χ3n) is 1.94. The van der Waals surface area contributed by atoms with Crippen LogP contribution in [-0.4, -0.2) is 16.5 Å². The van der Waals surface area contributed by atoms with Crippen LogP contribution >= 0.6 is 11.6 Å². The Balaban J connectivity index is 3.10. The fraction of sp³-hybridized carbons (Fsp3) is 0.333. The Bertz CT molecular complexity index is 377. The maximum Gasteiger partial charge on any atom is 0.272 e. The Morgan fingerprint density at radius 2 is 2.27 bits per heavy atom. The van der Waals surface area contributed by atoms with E-state index in [4.69, 9.17) is 16.9 Å². The van der Waals surface area contributed by atoms with Gasteiger partial charge in [-0.05, 0) is 6.07 Å². The summed E-state index contributed by atoms with van der Waals surface area (Å²) in [5.41, 5.74) is -2.60. The molecule has 15 heavy (non-hydrogen) atoms. The number of pyridine rings is 1. The largest absolute Gasteiger partial charge is 0.378 e. The van der Waals surface area contributed by atoms with Gasteiger partial charge >= 0.3 is 0 Å². The van der Waals surface area contributed by atoms with E-state index in [1.807, 2.05) is 0 Å². The third kappa shape index (κ3) is 2.41. The first-order valence-corrected chi connectivity index (χ1v) is 4.38. The maximum atomic E-state index is 12.6. The highest BCUT2D eigenvalue weighted by atomic mass is 35.5. The van der Waals surface area contributed by atoms with E-state index in [2.05, 4.69) is 4.98 Å². The zero-order chi connectivity index (χ0) is 11.5. The first kappa shape index (κ1) is 11.8. The van der Waals surface area contributed by atoms with E-state index >= 15 is 0 Å². The zero-order valence-corrected chi connectivity index (χ0v) is 8.25. The normalized spacial score (nSPS) is 14.7. The van der Waals surface area contributed by atoms with Crippen molar-refractivity contribution in [1.29, 1.82) is 5.26 Å². The highest BCUT2D eigenvalue weighted by Crippen LogP contribution is 2.31. The molecule has 0 aliphatic rings. The van der Waals surface area contributed by atoms with E-state index in [1.165, 1.54) is 18.2 Å². The molecule has 6 heteroatoms. The Kier molecular flexibility index (Phi) is 3.56. The fourth-order valence-corrected chi connectivity index (χ4v) is 1.17. The molecule has 0 bridgehead atoms. The van der Waals surface area contributed by atoms with Crippen molar-refractivity contribution >= 4 is 11.6 Å². The Morgan fingerprint density at radius 1 is 1.60 bits per heavy atom. The molecule has 1 aromatic heterocycles. The van der Waals surface area contributed by atoms with Crippen LogP contribution in [0.15, 0.2) is 18.3 Å². The van der Waals surface area contributed by atoms with Gasteiger partial charge in [0.05, 0.1) is 12.5 Å². The molecule has 0 aromatic carbocycles. The monoisotopic (exact) mass is 232 g/mol. The van der Waals surface area contributed by atoms with Gasteiger partial charge in [-0.15, -0.1) is 0 Å². The van der Waals surface area contributed by atoms with Crippen molar-refractivity contribution < 1.29 is 13.9 Å². The zero-order valence-electron chi connectivity index (χ0n) is 7.49. The van der Waals surface area contributed by atoms with Gasteiger partial charge in [0.25, 0.3) is 6.43 Å². The van der Waals surface area contributed by atoms with E-state index in [0.29, 0.717) is 0 Å². The van der Waals surface area contributed by atoms with Crippen LogP contribution in [0.25, 0.3) is 0 Å². The average Bonchev–Trinajstić information content (AvgIpc) is 2.18. The van der Waals surface area contributed by atoms with Gasteiger partial charge in [0.1, 0.15) is 5.15 Å².